The fraction of sp³-hybridized carbons (Fsp3) is 0.364. The van der Waals surface area contributed by atoms with Crippen molar-refractivity contribution in [3.8, 4) is 5.75 Å². The average Bonchev–Trinajstić information content (AvgIpc) is 3.23. The van der Waals surface area contributed by atoms with E-state index in [1.165, 1.54) is 7.11 Å². The summed E-state index contributed by atoms with van der Waals surface area (Å²) in [6, 6.07) is 7.77. The molecule has 29 heavy (non-hydrogen) atoms. The second-order valence-electron chi connectivity index (χ2n) is 7.32. The van der Waals surface area contributed by atoms with Crippen molar-refractivity contribution in [1.29, 1.82) is 0 Å². The Morgan fingerprint density at radius 3 is 2.86 bits per heavy atom. The van der Waals surface area contributed by atoms with Gasteiger partial charge in [0.05, 0.1) is 30.9 Å². The van der Waals surface area contributed by atoms with Gasteiger partial charge in [0.1, 0.15) is 23.8 Å². The molecular formula is C22H23NO6. The van der Waals surface area contributed by atoms with Crippen molar-refractivity contribution < 1.29 is 23.1 Å². The minimum Gasteiger partial charge on any atom is -0.478 e. The molecule has 0 unspecified atom stereocenters. The number of ether oxygens (including phenoxy) is 2. The number of furan rings is 1. The Bertz CT molecular complexity index is 1100. The Hall–Kier alpha value is -3.06. The van der Waals surface area contributed by atoms with Gasteiger partial charge in [-0.15, -0.1) is 0 Å². The molecule has 1 atom stereocenters. The monoisotopic (exact) mass is 397 g/mol. The molecule has 0 radical (unpaired) electrons. The SMILES string of the molecule is COC(=O)Cc1c(C)c2ccc3c(c2oc1=O)CN([C@@H](C)Cc1ccco1)CO3. The molecule has 1 aromatic carbocycles. The van der Waals surface area contributed by atoms with Crippen molar-refractivity contribution in [3.63, 3.8) is 0 Å². The molecule has 0 aliphatic carbocycles. The number of hydrogen-bond acceptors (Lipinski definition) is 7. The number of benzene rings is 1. The van der Waals surface area contributed by atoms with Crippen LogP contribution in [-0.2, 0) is 28.9 Å². The molecule has 4 rings (SSSR count). The third-order valence-corrected chi connectivity index (χ3v) is 5.51. The quantitative estimate of drug-likeness (QED) is 0.483. The fourth-order valence-electron chi connectivity index (χ4n) is 3.73. The molecular weight excluding hydrogens is 374 g/mol. The molecule has 0 amide bonds. The number of rotatable bonds is 5. The highest BCUT2D eigenvalue weighted by Gasteiger charge is 2.26. The zero-order valence-electron chi connectivity index (χ0n) is 16.7. The second-order valence-corrected chi connectivity index (χ2v) is 7.32. The third-order valence-electron chi connectivity index (χ3n) is 5.51. The molecule has 3 aromatic rings. The zero-order chi connectivity index (χ0) is 20.5. The van der Waals surface area contributed by atoms with Gasteiger partial charge in [-0.05, 0) is 43.7 Å². The fourth-order valence-corrected chi connectivity index (χ4v) is 3.73. The normalized spacial score (nSPS) is 15.0. The Balaban J connectivity index is 1.69. The first-order valence-corrected chi connectivity index (χ1v) is 9.52. The first-order chi connectivity index (χ1) is 14.0. The van der Waals surface area contributed by atoms with Crippen LogP contribution in [0.15, 0.2) is 44.2 Å². The number of hydrogen-bond donors (Lipinski definition) is 0. The Kier molecular flexibility index (Phi) is 5.15. The van der Waals surface area contributed by atoms with E-state index in [0.717, 1.165) is 28.7 Å². The summed E-state index contributed by atoms with van der Waals surface area (Å²) in [6.07, 6.45) is 2.31. The molecule has 0 bridgehead atoms. The molecule has 7 heteroatoms. The van der Waals surface area contributed by atoms with Gasteiger partial charge < -0.3 is 18.3 Å². The lowest BCUT2D eigenvalue weighted by Crippen LogP contribution is -2.40. The lowest BCUT2D eigenvalue weighted by Gasteiger charge is -2.33. The number of methoxy groups -OCH3 is 1. The second kappa shape index (κ2) is 7.75. The standard InChI is InChI=1S/C22H23NO6/c1-13(9-15-5-4-8-27-15)23-11-18-19(28-12-23)7-6-16-14(2)17(10-20(24)26-3)22(25)29-21(16)18/h4-8,13H,9-12H2,1-3H3/t13-/m0/s1. The van der Waals surface area contributed by atoms with Crippen LogP contribution in [0.25, 0.3) is 11.0 Å². The van der Waals surface area contributed by atoms with Crippen molar-refractivity contribution in [2.45, 2.75) is 39.3 Å². The van der Waals surface area contributed by atoms with Crippen molar-refractivity contribution in [1.82, 2.24) is 4.90 Å². The van der Waals surface area contributed by atoms with E-state index in [1.807, 2.05) is 31.2 Å². The maximum atomic E-state index is 12.6. The number of nitrogens with zero attached hydrogens (tertiary/aromatic N) is 1. The van der Waals surface area contributed by atoms with Crippen LogP contribution in [0.3, 0.4) is 0 Å². The van der Waals surface area contributed by atoms with E-state index in [0.29, 0.717) is 30.2 Å². The van der Waals surface area contributed by atoms with Gasteiger partial charge >= 0.3 is 11.6 Å². The number of fused-ring (bicyclic) bond motifs is 3. The summed E-state index contributed by atoms with van der Waals surface area (Å²) in [4.78, 5) is 26.4. The summed E-state index contributed by atoms with van der Waals surface area (Å²) in [7, 11) is 1.30. The van der Waals surface area contributed by atoms with E-state index in [2.05, 4.69) is 11.8 Å². The predicted molar refractivity (Wildman–Crippen MR) is 106 cm³/mol. The van der Waals surface area contributed by atoms with E-state index in [-0.39, 0.29) is 12.5 Å². The van der Waals surface area contributed by atoms with E-state index >= 15 is 0 Å². The highest BCUT2D eigenvalue weighted by atomic mass is 16.5. The van der Waals surface area contributed by atoms with Crippen molar-refractivity contribution in [2.75, 3.05) is 13.8 Å². The summed E-state index contributed by atoms with van der Waals surface area (Å²) in [5.74, 6) is 1.15. The molecule has 152 valence electrons. The molecule has 0 saturated carbocycles. The Morgan fingerprint density at radius 2 is 2.14 bits per heavy atom. The largest absolute Gasteiger partial charge is 0.478 e. The van der Waals surface area contributed by atoms with Gasteiger partial charge in [-0.1, -0.05) is 0 Å². The molecule has 7 nitrogen and oxygen atoms in total. The maximum absolute atomic E-state index is 12.6. The average molecular weight is 397 g/mol. The molecule has 1 aliphatic rings. The summed E-state index contributed by atoms with van der Waals surface area (Å²) >= 11 is 0. The summed E-state index contributed by atoms with van der Waals surface area (Å²) in [6.45, 7) is 4.97. The van der Waals surface area contributed by atoms with Crippen molar-refractivity contribution in [3.05, 3.63) is 63.4 Å². The lowest BCUT2D eigenvalue weighted by molar-refractivity contribution is -0.139. The first kappa shape index (κ1) is 19.3. The molecule has 0 fully saturated rings. The van der Waals surface area contributed by atoms with Crippen LogP contribution >= 0.6 is 0 Å². The van der Waals surface area contributed by atoms with Crippen LogP contribution in [0, 0.1) is 6.92 Å². The van der Waals surface area contributed by atoms with Gasteiger partial charge in [0, 0.05) is 24.4 Å². The van der Waals surface area contributed by atoms with Crippen LogP contribution < -0.4 is 10.4 Å². The van der Waals surface area contributed by atoms with Crippen molar-refractivity contribution >= 4 is 16.9 Å². The van der Waals surface area contributed by atoms with Gasteiger partial charge in [0.15, 0.2) is 0 Å². The number of esters is 1. The Morgan fingerprint density at radius 1 is 1.31 bits per heavy atom. The summed E-state index contributed by atoms with van der Waals surface area (Å²) < 4.78 is 21.7. The predicted octanol–water partition coefficient (Wildman–Crippen LogP) is 3.19. The third kappa shape index (κ3) is 3.65. The van der Waals surface area contributed by atoms with Gasteiger partial charge in [0.25, 0.3) is 0 Å². The summed E-state index contributed by atoms with van der Waals surface area (Å²) in [5, 5.41) is 0.798. The van der Waals surface area contributed by atoms with Gasteiger partial charge in [0.2, 0.25) is 0 Å². The highest BCUT2D eigenvalue weighted by Crippen LogP contribution is 2.34. The summed E-state index contributed by atoms with van der Waals surface area (Å²) in [5.41, 5.74) is 1.88. The zero-order valence-corrected chi connectivity index (χ0v) is 16.7. The minimum atomic E-state index is -0.519. The van der Waals surface area contributed by atoms with E-state index < -0.39 is 11.6 Å². The van der Waals surface area contributed by atoms with Gasteiger partial charge in [-0.3, -0.25) is 9.69 Å². The van der Waals surface area contributed by atoms with Crippen LogP contribution in [0.1, 0.15) is 29.4 Å². The molecule has 1 aliphatic heterocycles. The number of carbonyl (C=O) groups is 1. The highest BCUT2D eigenvalue weighted by molar-refractivity contribution is 5.87. The van der Waals surface area contributed by atoms with E-state index in [1.54, 1.807) is 6.26 Å². The maximum Gasteiger partial charge on any atom is 0.340 e. The number of aryl methyl sites for hydroxylation is 1. The smallest absolute Gasteiger partial charge is 0.340 e. The Labute approximate surface area is 167 Å². The molecule has 0 saturated heterocycles. The van der Waals surface area contributed by atoms with E-state index in [4.69, 9.17) is 18.3 Å². The van der Waals surface area contributed by atoms with Gasteiger partial charge in [-0.25, -0.2) is 4.79 Å². The lowest BCUT2D eigenvalue weighted by atomic mass is 10.00. The van der Waals surface area contributed by atoms with Crippen LogP contribution in [-0.4, -0.2) is 30.8 Å². The molecule has 2 aromatic heterocycles. The number of carbonyl (C=O) groups excluding carboxylic acids is 1. The minimum absolute atomic E-state index is 0.111. The van der Waals surface area contributed by atoms with E-state index in [9.17, 15) is 9.59 Å². The van der Waals surface area contributed by atoms with Crippen molar-refractivity contribution in [2.24, 2.45) is 0 Å². The topological polar surface area (TPSA) is 82.1 Å². The molecule has 3 heterocycles. The first-order valence-electron chi connectivity index (χ1n) is 9.52. The van der Waals surface area contributed by atoms with Crippen LogP contribution in [0.2, 0.25) is 0 Å². The van der Waals surface area contributed by atoms with Crippen LogP contribution in [0.5, 0.6) is 5.75 Å². The molecule has 0 N–H and O–H groups in total. The molecule has 0 spiro atoms. The van der Waals surface area contributed by atoms with Crippen LogP contribution in [0.4, 0.5) is 0 Å². The van der Waals surface area contributed by atoms with Gasteiger partial charge in [-0.2, -0.15) is 0 Å².